The first-order valence-electron chi connectivity index (χ1n) is 5.33. The Kier molecular flexibility index (Phi) is 4.62. The van der Waals surface area contributed by atoms with Crippen molar-refractivity contribution < 1.29 is 4.42 Å². The Hall–Kier alpha value is -1.23. The van der Waals surface area contributed by atoms with Gasteiger partial charge in [0.05, 0.1) is 24.5 Å². The minimum Gasteiger partial charge on any atom is -0.464 e. The van der Waals surface area contributed by atoms with E-state index in [-0.39, 0.29) is 30.9 Å². The molecule has 18 heavy (non-hydrogen) atoms. The van der Waals surface area contributed by atoms with Gasteiger partial charge < -0.3 is 10.2 Å². The summed E-state index contributed by atoms with van der Waals surface area (Å²) in [6, 6.07) is 6.04. The molecule has 0 saturated carbocycles. The van der Waals surface area contributed by atoms with Gasteiger partial charge in [-0.25, -0.2) is 0 Å². The third kappa shape index (κ3) is 2.32. The SMILES string of the molecule is C[C@@H](N)Cn1ncc2ccc3occc3c21.Cl.Cl. The highest BCUT2D eigenvalue weighted by atomic mass is 35.5. The summed E-state index contributed by atoms with van der Waals surface area (Å²) in [5.41, 5.74) is 7.80. The Bertz CT molecular complexity index is 645. The standard InChI is InChI=1S/C12H13N3O.2ClH/c1-8(13)7-15-12-9(6-14-15)2-3-11-10(12)4-5-16-11;;/h2-6,8H,7,13H2,1H3;2*1H/t8-;;/m1../s1. The van der Waals surface area contributed by atoms with Crippen LogP contribution in [0, 0.1) is 0 Å². The van der Waals surface area contributed by atoms with Crippen LogP contribution in [0.15, 0.2) is 35.1 Å². The molecule has 0 unspecified atom stereocenters. The van der Waals surface area contributed by atoms with Crippen LogP contribution in [-0.2, 0) is 6.54 Å². The minimum atomic E-state index is 0. The highest BCUT2D eigenvalue weighted by Crippen LogP contribution is 2.25. The molecule has 0 saturated heterocycles. The molecule has 0 aliphatic carbocycles. The molecule has 4 nitrogen and oxygen atoms in total. The van der Waals surface area contributed by atoms with Gasteiger partial charge in [0.25, 0.3) is 0 Å². The second-order valence-corrected chi connectivity index (χ2v) is 4.14. The maximum absolute atomic E-state index is 5.81. The van der Waals surface area contributed by atoms with Crippen molar-refractivity contribution in [1.29, 1.82) is 0 Å². The average molecular weight is 288 g/mol. The Morgan fingerprint density at radius 1 is 1.33 bits per heavy atom. The van der Waals surface area contributed by atoms with Gasteiger partial charge in [0.1, 0.15) is 5.58 Å². The maximum Gasteiger partial charge on any atom is 0.136 e. The van der Waals surface area contributed by atoms with Gasteiger partial charge in [0.15, 0.2) is 0 Å². The summed E-state index contributed by atoms with van der Waals surface area (Å²) in [6.45, 7) is 2.69. The topological polar surface area (TPSA) is 57.0 Å². The molecule has 0 aliphatic heterocycles. The number of furan rings is 1. The molecule has 6 heteroatoms. The second kappa shape index (κ2) is 5.61. The Balaban J connectivity index is 0.000000810. The van der Waals surface area contributed by atoms with Crippen LogP contribution in [0.4, 0.5) is 0 Å². The highest BCUT2D eigenvalue weighted by Gasteiger charge is 2.09. The number of hydrogen-bond donors (Lipinski definition) is 1. The quantitative estimate of drug-likeness (QED) is 0.788. The molecular formula is C12H15Cl2N3O. The molecule has 0 bridgehead atoms. The number of benzene rings is 1. The summed E-state index contributed by atoms with van der Waals surface area (Å²) in [5, 5.41) is 6.57. The van der Waals surface area contributed by atoms with Gasteiger partial charge in [0, 0.05) is 16.8 Å². The van der Waals surface area contributed by atoms with Gasteiger partial charge in [-0.05, 0) is 25.1 Å². The summed E-state index contributed by atoms with van der Waals surface area (Å²) in [7, 11) is 0. The van der Waals surface area contributed by atoms with E-state index in [4.69, 9.17) is 10.2 Å². The van der Waals surface area contributed by atoms with Gasteiger partial charge in [-0.2, -0.15) is 5.10 Å². The summed E-state index contributed by atoms with van der Waals surface area (Å²) in [4.78, 5) is 0. The normalized spacial score (nSPS) is 12.1. The number of rotatable bonds is 2. The van der Waals surface area contributed by atoms with E-state index in [1.807, 2.05) is 36.0 Å². The first-order valence-corrected chi connectivity index (χ1v) is 5.33. The molecule has 3 rings (SSSR count). The minimum absolute atomic E-state index is 0. The Morgan fingerprint density at radius 2 is 2.11 bits per heavy atom. The highest BCUT2D eigenvalue weighted by molar-refractivity contribution is 6.03. The molecule has 0 amide bonds. The van der Waals surface area contributed by atoms with Crippen LogP contribution in [0.5, 0.6) is 0 Å². The third-order valence-electron chi connectivity index (χ3n) is 2.69. The molecule has 0 spiro atoms. The Morgan fingerprint density at radius 3 is 2.83 bits per heavy atom. The second-order valence-electron chi connectivity index (χ2n) is 4.14. The number of nitrogens with two attached hydrogens (primary N) is 1. The molecule has 3 aromatic rings. The fourth-order valence-electron chi connectivity index (χ4n) is 2.04. The van der Waals surface area contributed by atoms with Crippen LogP contribution >= 0.6 is 24.8 Å². The number of fused-ring (bicyclic) bond motifs is 3. The average Bonchev–Trinajstić information content (AvgIpc) is 2.82. The van der Waals surface area contributed by atoms with Gasteiger partial charge in [0.2, 0.25) is 0 Å². The van der Waals surface area contributed by atoms with Crippen molar-refractivity contribution in [3.63, 3.8) is 0 Å². The van der Waals surface area contributed by atoms with Crippen molar-refractivity contribution in [2.24, 2.45) is 5.73 Å². The summed E-state index contributed by atoms with van der Waals surface area (Å²) in [5.74, 6) is 0. The molecule has 98 valence electrons. The van der Waals surface area contributed by atoms with Crippen LogP contribution in [0.3, 0.4) is 0 Å². The van der Waals surface area contributed by atoms with E-state index < -0.39 is 0 Å². The predicted molar refractivity (Wildman–Crippen MR) is 77.7 cm³/mol. The van der Waals surface area contributed by atoms with E-state index in [0.29, 0.717) is 6.54 Å². The lowest BCUT2D eigenvalue weighted by molar-refractivity contribution is 0.554. The van der Waals surface area contributed by atoms with Crippen molar-refractivity contribution in [2.45, 2.75) is 19.5 Å². The maximum atomic E-state index is 5.81. The largest absolute Gasteiger partial charge is 0.464 e. The first kappa shape index (κ1) is 14.8. The lowest BCUT2D eigenvalue weighted by Crippen LogP contribution is -2.22. The van der Waals surface area contributed by atoms with Gasteiger partial charge in [-0.1, -0.05) is 0 Å². The van der Waals surface area contributed by atoms with Crippen molar-refractivity contribution in [3.05, 3.63) is 30.7 Å². The number of nitrogens with zero attached hydrogens (tertiary/aromatic N) is 2. The van der Waals surface area contributed by atoms with Crippen molar-refractivity contribution in [2.75, 3.05) is 0 Å². The van der Waals surface area contributed by atoms with E-state index in [9.17, 15) is 0 Å². The van der Waals surface area contributed by atoms with Crippen LogP contribution < -0.4 is 5.73 Å². The molecule has 1 atom stereocenters. The zero-order valence-electron chi connectivity index (χ0n) is 9.87. The third-order valence-corrected chi connectivity index (χ3v) is 2.69. The molecule has 2 N–H and O–H groups in total. The monoisotopic (exact) mass is 287 g/mol. The smallest absolute Gasteiger partial charge is 0.136 e. The first-order chi connectivity index (χ1) is 7.75. The van der Waals surface area contributed by atoms with E-state index in [1.165, 1.54) is 0 Å². The van der Waals surface area contributed by atoms with Crippen LogP contribution in [0.1, 0.15) is 6.92 Å². The number of halogens is 2. The van der Waals surface area contributed by atoms with Crippen molar-refractivity contribution >= 4 is 46.7 Å². The molecule has 2 heterocycles. The molecule has 1 aromatic carbocycles. The fraction of sp³-hybridized carbons (Fsp3) is 0.250. The van der Waals surface area contributed by atoms with E-state index in [1.54, 1.807) is 6.26 Å². The van der Waals surface area contributed by atoms with Crippen molar-refractivity contribution in [3.8, 4) is 0 Å². The molecule has 0 aliphatic rings. The van der Waals surface area contributed by atoms with Crippen LogP contribution in [0.2, 0.25) is 0 Å². The van der Waals surface area contributed by atoms with E-state index >= 15 is 0 Å². The molecule has 2 aromatic heterocycles. The molecule has 0 fully saturated rings. The predicted octanol–water partition coefficient (Wildman–Crippen LogP) is 2.97. The molecular weight excluding hydrogens is 273 g/mol. The fourth-order valence-corrected chi connectivity index (χ4v) is 2.04. The summed E-state index contributed by atoms with van der Waals surface area (Å²) in [6.07, 6.45) is 3.57. The number of aromatic nitrogens is 2. The summed E-state index contributed by atoms with van der Waals surface area (Å²) < 4.78 is 7.33. The zero-order valence-corrected chi connectivity index (χ0v) is 11.5. The molecule has 0 radical (unpaired) electrons. The Labute approximate surface area is 117 Å². The van der Waals surface area contributed by atoms with Gasteiger partial charge in [-0.3, -0.25) is 4.68 Å². The van der Waals surface area contributed by atoms with Gasteiger partial charge >= 0.3 is 0 Å². The van der Waals surface area contributed by atoms with E-state index in [2.05, 4.69) is 5.10 Å². The van der Waals surface area contributed by atoms with E-state index in [0.717, 1.165) is 21.9 Å². The number of hydrogen-bond acceptors (Lipinski definition) is 3. The van der Waals surface area contributed by atoms with Gasteiger partial charge in [-0.15, -0.1) is 24.8 Å². The zero-order chi connectivity index (χ0) is 11.1. The van der Waals surface area contributed by atoms with Crippen LogP contribution in [0.25, 0.3) is 21.9 Å². The summed E-state index contributed by atoms with van der Waals surface area (Å²) >= 11 is 0. The lowest BCUT2D eigenvalue weighted by atomic mass is 10.2. The lowest BCUT2D eigenvalue weighted by Gasteiger charge is -2.06. The van der Waals surface area contributed by atoms with Crippen molar-refractivity contribution in [1.82, 2.24) is 9.78 Å². The van der Waals surface area contributed by atoms with Crippen LogP contribution in [-0.4, -0.2) is 15.8 Å².